The fraction of sp³-hybridized carbons (Fsp3) is 0.375. The summed E-state index contributed by atoms with van der Waals surface area (Å²) in [5.74, 6) is -1.16. The average molecular weight is 336 g/mol. The molecule has 6 nitrogen and oxygen atoms in total. The van der Waals surface area contributed by atoms with Gasteiger partial charge < -0.3 is 19.7 Å². The maximum Gasteiger partial charge on any atom is 0.230 e. The lowest BCUT2D eigenvalue weighted by molar-refractivity contribution is 0.00525. The van der Waals surface area contributed by atoms with Crippen LogP contribution in [-0.4, -0.2) is 34.8 Å². The van der Waals surface area contributed by atoms with Crippen LogP contribution < -0.4 is 9.47 Å². The van der Waals surface area contributed by atoms with E-state index in [-0.39, 0.29) is 39.8 Å². The third kappa shape index (κ3) is 1.94. The maximum absolute atomic E-state index is 13.0. The van der Waals surface area contributed by atoms with E-state index < -0.39 is 23.4 Å². The van der Waals surface area contributed by atoms with Crippen molar-refractivity contribution in [3.8, 4) is 17.6 Å². The van der Waals surface area contributed by atoms with Crippen molar-refractivity contribution >= 4 is 17.4 Å². The highest BCUT2D eigenvalue weighted by molar-refractivity contribution is 6.34. The van der Waals surface area contributed by atoms with Crippen LogP contribution in [0.25, 0.3) is 0 Å². The lowest BCUT2D eigenvalue weighted by Crippen LogP contribution is -2.51. The molecule has 1 heterocycles. The minimum atomic E-state index is -1.65. The van der Waals surface area contributed by atoms with Gasteiger partial charge in [0.1, 0.15) is 28.2 Å². The first kappa shape index (κ1) is 15.7. The normalized spacial score (nSPS) is 28.8. The summed E-state index contributed by atoms with van der Waals surface area (Å²) in [5, 5.41) is 29.2. The van der Waals surface area contributed by atoms with Crippen LogP contribution >= 0.6 is 11.6 Å². The number of nitriles is 1. The van der Waals surface area contributed by atoms with Crippen molar-refractivity contribution in [3.63, 3.8) is 0 Å². The predicted molar refractivity (Wildman–Crippen MR) is 80.9 cm³/mol. The third-order valence-electron chi connectivity index (χ3n) is 4.37. The van der Waals surface area contributed by atoms with Crippen LogP contribution in [0.15, 0.2) is 17.9 Å². The Labute approximate surface area is 137 Å². The molecule has 0 bridgehead atoms. The largest absolute Gasteiger partial charge is 0.508 e. The zero-order valence-corrected chi connectivity index (χ0v) is 13.2. The number of Topliss-reactive ketones (excluding diaryl/α,β-unsaturated/α-hetero) is 1. The third-order valence-corrected chi connectivity index (χ3v) is 4.75. The molecule has 0 fully saturated rings. The lowest BCUT2D eigenvalue weighted by atomic mass is 9.75. The first-order valence-corrected chi connectivity index (χ1v) is 7.38. The molecule has 0 saturated heterocycles. The van der Waals surface area contributed by atoms with Gasteiger partial charge in [0.05, 0.1) is 18.8 Å². The van der Waals surface area contributed by atoms with Gasteiger partial charge in [-0.3, -0.25) is 4.79 Å². The number of benzene rings is 1. The topological polar surface area (TPSA) is 99.8 Å². The van der Waals surface area contributed by atoms with Gasteiger partial charge in [-0.2, -0.15) is 5.26 Å². The molecule has 1 aliphatic carbocycles. The summed E-state index contributed by atoms with van der Waals surface area (Å²) in [6.07, 6.45) is 0.576. The van der Waals surface area contributed by atoms with E-state index in [2.05, 4.69) is 0 Å². The Balaban J connectivity index is 2.26. The number of halogens is 1. The van der Waals surface area contributed by atoms with Gasteiger partial charge in [-0.1, -0.05) is 18.5 Å². The molecule has 1 unspecified atom stereocenters. The quantitative estimate of drug-likeness (QED) is 0.817. The van der Waals surface area contributed by atoms with E-state index in [0.29, 0.717) is 0 Å². The summed E-state index contributed by atoms with van der Waals surface area (Å²) in [6.45, 7) is 1.70. The van der Waals surface area contributed by atoms with Crippen LogP contribution in [0.4, 0.5) is 0 Å². The number of hydrogen-bond acceptors (Lipinski definition) is 6. The second-order valence-corrected chi connectivity index (χ2v) is 6.06. The minimum absolute atomic E-state index is 0.000327. The SMILES string of the molecule is COc1cc(C#N)c(Cl)c2c1C(=O)[C@@]1(O2)C(O)=CC(O)C[C@H]1C. The molecular weight excluding hydrogens is 322 g/mol. The molecule has 1 aromatic rings. The Morgan fingerprint density at radius 1 is 1.57 bits per heavy atom. The van der Waals surface area contributed by atoms with Gasteiger partial charge in [0.25, 0.3) is 0 Å². The van der Waals surface area contributed by atoms with E-state index in [1.165, 1.54) is 19.3 Å². The van der Waals surface area contributed by atoms with Gasteiger partial charge >= 0.3 is 0 Å². The number of aliphatic hydroxyl groups is 2. The van der Waals surface area contributed by atoms with Crippen molar-refractivity contribution in [2.75, 3.05) is 7.11 Å². The van der Waals surface area contributed by atoms with Crippen LogP contribution in [0.2, 0.25) is 5.02 Å². The number of ketones is 1. The van der Waals surface area contributed by atoms with Crippen LogP contribution in [-0.2, 0) is 0 Å². The molecule has 0 radical (unpaired) electrons. The zero-order valence-electron chi connectivity index (χ0n) is 12.5. The van der Waals surface area contributed by atoms with E-state index in [1.807, 2.05) is 6.07 Å². The van der Waals surface area contributed by atoms with Crippen LogP contribution in [0.3, 0.4) is 0 Å². The van der Waals surface area contributed by atoms with E-state index in [1.54, 1.807) is 6.92 Å². The number of carbonyl (C=O) groups excluding carboxylic acids is 1. The number of fused-ring (bicyclic) bond motifs is 1. The van der Waals surface area contributed by atoms with E-state index in [4.69, 9.17) is 26.3 Å². The summed E-state index contributed by atoms with van der Waals surface area (Å²) in [5.41, 5.74) is -1.44. The van der Waals surface area contributed by atoms with Crippen LogP contribution in [0, 0.1) is 17.2 Å². The van der Waals surface area contributed by atoms with Crippen molar-refractivity contribution in [1.82, 2.24) is 0 Å². The standard InChI is InChI=1S/C16H14ClNO5/c1-7-3-9(19)5-11(20)16(7)15(21)12-10(22-2)4-8(6-18)13(17)14(12)23-16/h4-5,7,9,19-20H,3H2,1-2H3/t7-,9?,16+/m1/s1. The van der Waals surface area contributed by atoms with Crippen molar-refractivity contribution in [3.05, 3.63) is 34.1 Å². The second-order valence-electron chi connectivity index (χ2n) is 5.68. The molecule has 0 aromatic heterocycles. The summed E-state index contributed by atoms with van der Waals surface area (Å²) in [7, 11) is 1.37. The fourth-order valence-electron chi connectivity index (χ4n) is 3.20. The molecule has 2 N–H and O–H groups in total. The predicted octanol–water partition coefficient (Wildman–Crippen LogP) is 2.38. The number of rotatable bonds is 1. The number of aliphatic hydroxyl groups excluding tert-OH is 2. The number of ether oxygens (including phenoxy) is 2. The molecular formula is C16H14ClNO5. The summed E-state index contributed by atoms with van der Waals surface area (Å²) in [4.78, 5) is 13.0. The van der Waals surface area contributed by atoms with Crippen molar-refractivity contribution < 1.29 is 24.5 Å². The number of methoxy groups -OCH3 is 1. The van der Waals surface area contributed by atoms with Gasteiger partial charge in [-0.05, 0) is 12.5 Å². The molecule has 3 rings (SSSR count). The summed E-state index contributed by atoms with van der Waals surface area (Å²) in [6, 6.07) is 3.28. The van der Waals surface area contributed by atoms with Crippen molar-refractivity contribution in [1.29, 1.82) is 5.26 Å². The molecule has 1 spiro atoms. The Bertz CT molecular complexity index is 782. The second kappa shape index (κ2) is 5.15. The van der Waals surface area contributed by atoms with Crippen LogP contribution in [0.1, 0.15) is 29.3 Å². The molecule has 120 valence electrons. The number of carbonyl (C=O) groups is 1. The molecule has 3 atom stereocenters. The molecule has 7 heteroatoms. The molecule has 1 aromatic carbocycles. The minimum Gasteiger partial charge on any atom is -0.508 e. The Hall–Kier alpha value is -2.23. The molecule has 1 aliphatic heterocycles. The van der Waals surface area contributed by atoms with Gasteiger partial charge in [0.2, 0.25) is 11.4 Å². The zero-order chi connectivity index (χ0) is 16.9. The molecule has 0 amide bonds. The highest BCUT2D eigenvalue weighted by Crippen LogP contribution is 2.52. The lowest BCUT2D eigenvalue weighted by Gasteiger charge is -2.36. The Morgan fingerprint density at radius 3 is 2.83 bits per heavy atom. The molecule has 0 saturated carbocycles. The maximum atomic E-state index is 13.0. The van der Waals surface area contributed by atoms with E-state index in [0.717, 1.165) is 0 Å². The Kier molecular flexibility index (Phi) is 3.51. The smallest absolute Gasteiger partial charge is 0.230 e. The summed E-state index contributed by atoms with van der Waals surface area (Å²) >= 11 is 6.17. The molecule has 23 heavy (non-hydrogen) atoms. The van der Waals surface area contributed by atoms with E-state index >= 15 is 0 Å². The van der Waals surface area contributed by atoms with Gasteiger partial charge in [-0.25, -0.2) is 0 Å². The van der Waals surface area contributed by atoms with Crippen LogP contribution in [0.5, 0.6) is 11.5 Å². The highest BCUT2D eigenvalue weighted by Gasteiger charge is 2.59. The monoisotopic (exact) mass is 335 g/mol. The summed E-state index contributed by atoms with van der Waals surface area (Å²) < 4.78 is 11.0. The molecule has 2 aliphatic rings. The van der Waals surface area contributed by atoms with Gasteiger partial charge in [-0.15, -0.1) is 0 Å². The van der Waals surface area contributed by atoms with Gasteiger partial charge in [0.15, 0.2) is 5.75 Å². The van der Waals surface area contributed by atoms with E-state index in [9.17, 15) is 15.0 Å². The first-order chi connectivity index (χ1) is 10.9. The average Bonchev–Trinajstić information content (AvgIpc) is 2.82. The van der Waals surface area contributed by atoms with Gasteiger partial charge in [0, 0.05) is 12.0 Å². The van der Waals surface area contributed by atoms with Crippen molar-refractivity contribution in [2.24, 2.45) is 5.92 Å². The highest BCUT2D eigenvalue weighted by atomic mass is 35.5. The first-order valence-electron chi connectivity index (χ1n) is 7.00. The Morgan fingerprint density at radius 2 is 2.26 bits per heavy atom. The number of hydrogen-bond donors (Lipinski definition) is 2. The fourth-order valence-corrected chi connectivity index (χ4v) is 3.43. The van der Waals surface area contributed by atoms with Crippen molar-refractivity contribution in [2.45, 2.75) is 25.0 Å². The number of nitrogens with zero attached hydrogens (tertiary/aromatic N) is 1.